The number of aromatic nitrogens is 1. The van der Waals surface area contributed by atoms with Crippen molar-refractivity contribution in [3.05, 3.63) is 24.0 Å². The Bertz CT molecular complexity index is 419. The van der Waals surface area contributed by atoms with Crippen LogP contribution in [0.15, 0.2) is 18.3 Å². The van der Waals surface area contributed by atoms with Crippen molar-refractivity contribution in [1.82, 2.24) is 4.98 Å². The normalized spacial score (nSPS) is 21.0. The molecular formula is C13H19N3O2. The molecule has 2 atom stereocenters. The molecule has 0 aromatic carbocycles. The van der Waals surface area contributed by atoms with Gasteiger partial charge in [-0.2, -0.15) is 0 Å². The highest BCUT2D eigenvalue weighted by Crippen LogP contribution is 2.25. The highest BCUT2D eigenvalue weighted by atomic mass is 16.3. The maximum absolute atomic E-state index is 11.3. The molecule has 1 aromatic rings. The van der Waals surface area contributed by atoms with Crippen molar-refractivity contribution in [1.29, 1.82) is 0 Å². The van der Waals surface area contributed by atoms with Gasteiger partial charge >= 0.3 is 0 Å². The van der Waals surface area contributed by atoms with Gasteiger partial charge in [0.15, 0.2) is 0 Å². The zero-order valence-electron chi connectivity index (χ0n) is 10.5. The second-order valence-corrected chi connectivity index (χ2v) is 4.62. The fourth-order valence-corrected chi connectivity index (χ4v) is 2.35. The lowest BCUT2D eigenvalue weighted by atomic mass is 10.1. The Hall–Kier alpha value is -1.62. The summed E-state index contributed by atoms with van der Waals surface area (Å²) >= 11 is 0. The molecule has 0 aliphatic carbocycles. The van der Waals surface area contributed by atoms with Crippen molar-refractivity contribution in [2.75, 3.05) is 11.4 Å². The summed E-state index contributed by atoms with van der Waals surface area (Å²) in [5, 5.41) is 9.68. The number of hydrogen-bond donors (Lipinski definition) is 2. The molecule has 2 rings (SSSR count). The lowest BCUT2D eigenvalue weighted by Gasteiger charge is -2.24. The Kier molecular flexibility index (Phi) is 3.81. The molecule has 0 bridgehead atoms. The first-order valence-corrected chi connectivity index (χ1v) is 6.33. The third-order valence-electron chi connectivity index (χ3n) is 3.41. The zero-order chi connectivity index (χ0) is 13.1. The highest BCUT2D eigenvalue weighted by molar-refractivity contribution is 5.84. The molecular weight excluding hydrogens is 230 g/mol. The summed E-state index contributed by atoms with van der Waals surface area (Å²) in [6.07, 6.45) is 3.58. The maximum atomic E-state index is 11.3. The minimum Gasteiger partial charge on any atom is -0.387 e. The number of amides is 1. The molecule has 1 aromatic heterocycles. The van der Waals surface area contributed by atoms with Crippen LogP contribution in [-0.4, -0.2) is 28.6 Å². The van der Waals surface area contributed by atoms with Crippen LogP contribution in [0.1, 0.15) is 38.0 Å². The smallest absolute Gasteiger partial charge is 0.240 e. The number of nitrogens with two attached hydrogens (primary N) is 1. The monoisotopic (exact) mass is 249 g/mol. The number of aliphatic hydroxyl groups excluding tert-OH is 1. The summed E-state index contributed by atoms with van der Waals surface area (Å²) in [5.74, 6) is -0.287. The van der Waals surface area contributed by atoms with Gasteiger partial charge in [-0.15, -0.1) is 0 Å². The summed E-state index contributed by atoms with van der Waals surface area (Å²) in [6, 6.07) is 3.47. The maximum Gasteiger partial charge on any atom is 0.240 e. The summed E-state index contributed by atoms with van der Waals surface area (Å²) in [6.45, 7) is 2.73. The average Bonchev–Trinajstić information content (AvgIpc) is 2.87. The molecule has 5 heteroatoms. The number of anilines is 1. The number of rotatable bonds is 4. The van der Waals surface area contributed by atoms with E-state index in [4.69, 9.17) is 5.73 Å². The van der Waals surface area contributed by atoms with Crippen molar-refractivity contribution in [2.24, 2.45) is 5.73 Å². The SMILES string of the molecule is CCC(O)c1ccc(N2CCCC2C(N)=O)cn1. The van der Waals surface area contributed by atoms with Gasteiger partial charge in [0, 0.05) is 6.54 Å². The average molecular weight is 249 g/mol. The molecule has 3 N–H and O–H groups in total. The van der Waals surface area contributed by atoms with Crippen molar-refractivity contribution >= 4 is 11.6 Å². The van der Waals surface area contributed by atoms with Gasteiger partial charge in [0.1, 0.15) is 6.04 Å². The van der Waals surface area contributed by atoms with Gasteiger partial charge in [-0.25, -0.2) is 0 Å². The van der Waals surface area contributed by atoms with Gasteiger partial charge in [-0.3, -0.25) is 9.78 Å². The van der Waals surface area contributed by atoms with Crippen LogP contribution in [0.2, 0.25) is 0 Å². The van der Waals surface area contributed by atoms with E-state index in [9.17, 15) is 9.90 Å². The van der Waals surface area contributed by atoms with Crippen LogP contribution in [0.4, 0.5) is 5.69 Å². The molecule has 1 fully saturated rings. The number of aliphatic hydroxyl groups is 1. The quantitative estimate of drug-likeness (QED) is 0.833. The molecule has 1 aliphatic rings. The number of primary amides is 1. The van der Waals surface area contributed by atoms with E-state index < -0.39 is 6.10 Å². The molecule has 0 radical (unpaired) electrons. The molecule has 2 unspecified atom stereocenters. The summed E-state index contributed by atoms with van der Waals surface area (Å²) in [4.78, 5) is 17.6. The van der Waals surface area contributed by atoms with Gasteiger partial charge < -0.3 is 15.7 Å². The Balaban J connectivity index is 2.16. The number of hydrogen-bond acceptors (Lipinski definition) is 4. The Morgan fingerprint density at radius 1 is 1.67 bits per heavy atom. The molecule has 1 aliphatic heterocycles. The van der Waals surface area contributed by atoms with E-state index in [1.807, 2.05) is 17.9 Å². The van der Waals surface area contributed by atoms with Gasteiger partial charge in [0.2, 0.25) is 5.91 Å². The third-order valence-corrected chi connectivity index (χ3v) is 3.41. The first-order chi connectivity index (χ1) is 8.63. The number of pyridine rings is 1. The zero-order valence-corrected chi connectivity index (χ0v) is 10.5. The van der Waals surface area contributed by atoms with E-state index in [-0.39, 0.29) is 11.9 Å². The lowest BCUT2D eigenvalue weighted by Crippen LogP contribution is -2.40. The lowest BCUT2D eigenvalue weighted by molar-refractivity contribution is -0.119. The van der Waals surface area contributed by atoms with Crippen LogP contribution < -0.4 is 10.6 Å². The van der Waals surface area contributed by atoms with Crippen molar-refractivity contribution in [2.45, 2.75) is 38.3 Å². The standard InChI is InChI=1S/C13H19N3O2/c1-2-12(17)10-6-5-9(8-15-10)16-7-3-4-11(16)13(14)18/h5-6,8,11-12,17H,2-4,7H2,1H3,(H2,14,18). The predicted molar refractivity (Wildman–Crippen MR) is 69.1 cm³/mol. The van der Waals surface area contributed by atoms with E-state index >= 15 is 0 Å². The van der Waals surface area contributed by atoms with E-state index in [0.29, 0.717) is 12.1 Å². The predicted octanol–water partition coefficient (Wildman–Crippen LogP) is 0.979. The highest BCUT2D eigenvalue weighted by Gasteiger charge is 2.29. The van der Waals surface area contributed by atoms with Crippen molar-refractivity contribution < 1.29 is 9.90 Å². The van der Waals surface area contributed by atoms with Gasteiger partial charge in [0.25, 0.3) is 0 Å². The second kappa shape index (κ2) is 5.35. The largest absolute Gasteiger partial charge is 0.387 e. The van der Waals surface area contributed by atoms with Crippen molar-refractivity contribution in [3.8, 4) is 0 Å². The molecule has 1 amide bonds. The molecule has 18 heavy (non-hydrogen) atoms. The van der Waals surface area contributed by atoms with E-state index in [2.05, 4.69) is 4.98 Å². The minimum atomic E-state index is -0.524. The van der Waals surface area contributed by atoms with Crippen LogP contribution >= 0.6 is 0 Å². The Morgan fingerprint density at radius 3 is 3.00 bits per heavy atom. The number of carbonyl (C=O) groups is 1. The topological polar surface area (TPSA) is 79.5 Å². The molecule has 2 heterocycles. The first kappa shape index (κ1) is 12.8. The van der Waals surface area contributed by atoms with Crippen LogP contribution in [-0.2, 0) is 4.79 Å². The molecule has 0 saturated carbocycles. The Labute approximate surface area is 107 Å². The molecule has 0 spiro atoms. The molecule has 98 valence electrons. The van der Waals surface area contributed by atoms with E-state index in [1.54, 1.807) is 12.3 Å². The van der Waals surface area contributed by atoms with Crippen LogP contribution in [0, 0.1) is 0 Å². The number of nitrogens with zero attached hydrogens (tertiary/aromatic N) is 2. The van der Waals surface area contributed by atoms with Gasteiger partial charge in [-0.1, -0.05) is 6.92 Å². The van der Waals surface area contributed by atoms with Gasteiger partial charge in [0.05, 0.1) is 23.7 Å². The van der Waals surface area contributed by atoms with E-state index in [1.165, 1.54) is 0 Å². The molecule has 5 nitrogen and oxygen atoms in total. The summed E-state index contributed by atoms with van der Waals surface area (Å²) in [5.41, 5.74) is 6.94. The van der Waals surface area contributed by atoms with Crippen molar-refractivity contribution in [3.63, 3.8) is 0 Å². The first-order valence-electron chi connectivity index (χ1n) is 6.33. The fourth-order valence-electron chi connectivity index (χ4n) is 2.35. The summed E-state index contributed by atoms with van der Waals surface area (Å²) in [7, 11) is 0. The third kappa shape index (κ3) is 2.46. The fraction of sp³-hybridized carbons (Fsp3) is 0.538. The van der Waals surface area contributed by atoms with E-state index in [0.717, 1.165) is 25.1 Å². The molecule has 1 saturated heterocycles. The van der Waals surface area contributed by atoms with Crippen LogP contribution in [0.3, 0.4) is 0 Å². The summed E-state index contributed by atoms with van der Waals surface area (Å²) < 4.78 is 0. The second-order valence-electron chi connectivity index (χ2n) is 4.62. The van der Waals surface area contributed by atoms with Gasteiger partial charge in [-0.05, 0) is 31.4 Å². The van der Waals surface area contributed by atoms with Crippen LogP contribution in [0.5, 0.6) is 0 Å². The minimum absolute atomic E-state index is 0.228. The van der Waals surface area contributed by atoms with Crippen LogP contribution in [0.25, 0.3) is 0 Å². The number of carbonyl (C=O) groups excluding carboxylic acids is 1. The Morgan fingerprint density at radius 2 is 2.44 bits per heavy atom.